The van der Waals surface area contributed by atoms with Gasteiger partial charge in [0.15, 0.2) is 6.21 Å². The highest BCUT2D eigenvalue weighted by atomic mass is 16.5. The Labute approximate surface area is 44.1 Å². The van der Waals surface area contributed by atoms with Gasteiger partial charge in [0.1, 0.15) is 7.05 Å². The lowest BCUT2D eigenvalue weighted by molar-refractivity contribution is -0.419. The third-order valence-corrected chi connectivity index (χ3v) is 0.508. The first-order valence-corrected chi connectivity index (χ1v) is 2.38. The molecule has 2 nitrogen and oxygen atoms in total. The Morgan fingerprint density at radius 3 is 2.00 bits per heavy atom. The van der Waals surface area contributed by atoms with Crippen molar-refractivity contribution in [2.45, 2.75) is 13.8 Å². The molecule has 0 radical (unpaired) electrons. The topological polar surface area (TPSA) is 26.1 Å². The average Bonchev–Trinajstić information content (AvgIpc) is 1.27. The summed E-state index contributed by atoms with van der Waals surface area (Å²) in [5, 5.41) is 10.1. The molecule has 0 saturated heterocycles. The molecule has 0 spiro atoms. The monoisotopic (exact) mass is 101 g/mol. The molecule has 2 heteroatoms. The Morgan fingerprint density at radius 1 is 1.57 bits per heavy atom. The van der Waals surface area contributed by atoms with Gasteiger partial charge >= 0.3 is 0 Å². The van der Waals surface area contributed by atoms with Crippen LogP contribution in [0.2, 0.25) is 0 Å². The van der Waals surface area contributed by atoms with Crippen molar-refractivity contribution in [3.05, 3.63) is 5.21 Å². The first-order valence-electron chi connectivity index (χ1n) is 2.38. The summed E-state index contributed by atoms with van der Waals surface area (Å²) in [6.45, 7) is 3.93. The molecule has 0 aliphatic carbocycles. The van der Waals surface area contributed by atoms with Gasteiger partial charge in [-0.05, 0) is 0 Å². The Morgan fingerprint density at radius 2 is 2.00 bits per heavy atom. The molecule has 0 aromatic rings. The molecule has 0 heterocycles. The van der Waals surface area contributed by atoms with E-state index in [0.717, 1.165) is 4.74 Å². The molecule has 0 atom stereocenters. The lowest BCUT2D eigenvalue weighted by atomic mass is 10.3. The van der Waals surface area contributed by atoms with Gasteiger partial charge in [-0.25, -0.2) is 4.74 Å². The minimum absolute atomic E-state index is 0.363. The minimum atomic E-state index is 0.363. The van der Waals surface area contributed by atoms with Crippen LogP contribution in [-0.2, 0) is 0 Å². The largest absolute Gasteiger partial charge is 0.624 e. The highest BCUT2D eigenvalue weighted by molar-refractivity contribution is 5.53. The number of nitrogens with zero attached hydrogens (tertiary/aromatic N) is 1. The number of hydrogen-bond donors (Lipinski definition) is 0. The second-order valence-corrected chi connectivity index (χ2v) is 1.94. The van der Waals surface area contributed by atoms with Gasteiger partial charge in [0.2, 0.25) is 0 Å². The summed E-state index contributed by atoms with van der Waals surface area (Å²) < 4.78 is 0.824. The highest BCUT2D eigenvalue weighted by Crippen LogP contribution is 1.81. The van der Waals surface area contributed by atoms with E-state index in [1.807, 2.05) is 13.8 Å². The van der Waals surface area contributed by atoms with Gasteiger partial charge in [-0.2, -0.15) is 0 Å². The molecule has 0 bridgehead atoms. The van der Waals surface area contributed by atoms with Crippen molar-refractivity contribution in [3.63, 3.8) is 0 Å². The highest BCUT2D eigenvalue weighted by Gasteiger charge is 1.87. The van der Waals surface area contributed by atoms with Crippen LogP contribution < -0.4 is 0 Å². The molecule has 0 N–H and O–H groups in total. The first-order chi connectivity index (χ1) is 3.13. The van der Waals surface area contributed by atoms with E-state index in [1.165, 1.54) is 7.05 Å². The van der Waals surface area contributed by atoms with Gasteiger partial charge in [0.25, 0.3) is 0 Å². The molecule has 0 aromatic heterocycles. The van der Waals surface area contributed by atoms with Gasteiger partial charge in [-0.15, -0.1) is 0 Å². The van der Waals surface area contributed by atoms with E-state index < -0.39 is 0 Å². The standard InChI is InChI=1S/C5H11NO/c1-5(2)4-6(3)7/h4-5H,1-3H3/b6-4+. The normalized spacial score (nSPS) is 12.9. The summed E-state index contributed by atoms with van der Waals surface area (Å²) >= 11 is 0. The SMILES string of the molecule is CC(C)/C=[N+](\C)[O-]. The van der Waals surface area contributed by atoms with Crippen LogP contribution >= 0.6 is 0 Å². The Bertz CT molecular complexity index is 72.1. The van der Waals surface area contributed by atoms with Crippen molar-refractivity contribution in [3.8, 4) is 0 Å². The summed E-state index contributed by atoms with van der Waals surface area (Å²) in [5.74, 6) is 0.363. The number of hydroxylamine groups is 1. The quantitative estimate of drug-likeness (QED) is 0.208. The van der Waals surface area contributed by atoms with Crippen molar-refractivity contribution in [2.75, 3.05) is 7.05 Å². The molecular formula is C5H11NO. The van der Waals surface area contributed by atoms with E-state index in [-0.39, 0.29) is 0 Å². The summed E-state index contributed by atoms with van der Waals surface area (Å²) in [5.41, 5.74) is 0. The van der Waals surface area contributed by atoms with Crippen LogP contribution in [-0.4, -0.2) is 18.0 Å². The lowest BCUT2D eigenvalue weighted by Gasteiger charge is -1.95. The third-order valence-electron chi connectivity index (χ3n) is 0.508. The first kappa shape index (κ1) is 6.47. The van der Waals surface area contributed by atoms with Crippen molar-refractivity contribution in [1.29, 1.82) is 0 Å². The predicted octanol–water partition coefficient (Wildman–Crippen LogP) is 0.853. The van der Waals surface area contributed by atoms with E-state index in [2.05, 4.69) is 0 Å². The summed E-state index contributed by atoms with van der Waals surface area (Å²) in [4.78, 5) is 0. The van der Waals surface area contributed by atoms with E-state index in [9.17, 15) is 5.21 Å². The number of hydrogen-bond acceptors (Lipinski definition) is 1. The van der Waals surface area contributed by atoms with Crippen LogP contribution in [0.1, 0.15) is 13.8 Å². The van der Waals surface area contributed by atoms with Crippen molar-refractivity contribution < 1.29 is 4.74 Å². The fraction of sp³-hybridized carbons (Fsp3) is 0.800. The lowest BCUT2D eigenvalue weighted by Crippen LogP contribution is -2.01. The molecule has 0 saturated carbocycles. The average molecular weight is 101 g/mol. The zero-order valence-electron chi connectivity index (χ0n) is 5.01. The van der Waals surface area contributed by atoms with E-state index in [1.54, 1.807) is 6.21 Å². The molecule has 0 unspecified atom stereocenters. The second-order valence-electron chi connectivity index (χ2n) is 1.94. The van der Waals surface area contributed by atoms with Crippen LogP contribution in [0.4, 0.5) is 0 Å². The second kappa shape index (κ2) is 2.61. The smallest absolute Gasteiger partial charge is 0.153 e. The molecule has 0 aliphatic heterocycles. The zero-order valence-corrected chi connectivity index (χ0v) is 5.01. The maximum absolute atomic E-state index is 10.1. The van der Waals surface area contributed by atoms with Crippen LogP contribution in [0, 0.1) is 11.1 Å². The van der Waals surface area contributed by atoms with Crippen LogP contribution in [0.25, 0.3) is 0 Å². The maximum atomic E-state index is 10.1. The molecule has 0 rings (SSSR count). The molecule has 7 heavy (non-hydrogen) atoms. The van der Waals surface area contributed by atoms with Crippen LogP contribution in [0.3, 0.4) is 0 Å². The third kappa shape index (κ3) is 5.47. The van der Waals surface area contributed by atoms with Crippen molar-refractivity contribution in [2.24, 2.45) is 5.92 Å². The van der Waals surface area contributed by atoms with Gasteiger partial charge in [0.05, 0.1) is 0 Å². The van der Waals surface area contributed by atoms with E-state index >= 15 is 0 Å². The Kier molecular flexibility index (Phi) is 2.41. The Hall–Kier alpha value is -0.530. The summed E-state index contributed by atoms with van der Waals surface area (Å²) in [7, 11) is 1.49. The van der Waals surface area contributed by atoms with Gasteiger partial charge in [-0.3, -0.25) is 0 Å². The van der Waals surface area contributed by atoms with Crippen molar-refractivity contribution in [1.82, 2.24) is 0 Å². The van der Waals surface area contributed by atoms with Gasteiger partial charge in [0, 0.05) is 5.92 Å². The fourth-order valence-electron chi connectivity index (χ4n) is 0.420. The van der Waals surface area contributed by atoms with Gasteiger partial charge in [-0.1, -0.05) is 13.8 Å². The Balaban J connectivity index is 3.45. The minimum Gasteiger partial charge on any atom is -0.624 e. The van der Waals surface area contributed by atoms with E-state index in [4.69, 9.17) is 0 Å². The molecule has 42 valence electrons. The maximum Gasteiger partial charge on any atom is 0.153 e. The molecule has 0 aromatic carbocycles. The van der Waals surface area contributed by atoms with Gasteiger partial charge < -0.3 is 5.21 Å². The predicted molar refractivity (Wildman–Crippen MR) is 30.5 cm³/mol. The molecule has 0 amide bonds. The zero-order chi connectivity index (χ0) is 5.86. The number of rotatable bonds is 1. The molecular weight excluding hydrogens is 90.1 g/mol. The fourth-order valence-corrected chi connectivity index (χ4v) is 0.420. The van der Waals surface area contributed by atoms with Crippen LogP contribution in [0.15, 0.2) is 0 Å². The van der Waals surface area contributed by atoms with E-state index in [0.29, 0.717) is 5.92 Å². The molecule has 0 fully saturated rings. The molecule has 0 aliphatic rings. The summed E-state index contributed by atoms with van der Waals surface area (Å²) in [6.07, 6.45) is 1.61. The summed E-state index contributed by atoms with van der Waals surface area (Å²) in [6, 6.07) is 0. The van der Waals surface area contributed by atoms with Crippen LogP contribution in [0.5, 0.6) is 0 Å². The van der Waals surface area contributed by atoms with Crippen molar-refractivity contribution >= 4 is 6.21 Å².